The highest BCUT2D eigenvalue weighted by atomic mass is 32.1. The number of thiazole rings is 1. The Kier molecular flexibility index (Phi) is 6.04. The third-order valence-electron chi connectivity index (χ3n) is 4.29. The maximum absolute atomic E-state index is 4.86. The third-order valence-corrected chi connectivity index (χ3v) is 5.52. The van der Waals surface area contributed by atoms with Crippen molar-refractivity contribution in [1.29, 1.82) is 0 Å². The molecule has 7 nitrogen and oxygen atoms in total. The average Bonchev–Trinajstić information content (AvgIpc) is 3.34. The predicted octanol–water partition coefficient (Wildman–Crippen LogP) is 4.34. The largest absolute Gasteiger partial charge is 0.350 e. The summed E-state index contributed by atoms with van der Waals surface area (Å²) >= 11 is 1.57. The van der Waals surface area contributed by atoms with Crippen LogP contribution in [0.3, 0.4) is 0 Å². The number of aryl methyl sites for hydroxylation is 2. The van der Waals surface area contributed by atoms with Crippen LogP contribution in [0.25, 0.3) is 32.0 Å². The van der Waals surface area contributed by atoms with Crippen LogP contribution in [0.5, 0.6) is 0 Å². The second kappa shape index (κ2) is 8.66. The summed E-state index contributed by atoms with van der Waals surface area (Å²) in [5.74, 6) is 0.520. The number of aliphatic imine (C=N–C) groups is 2. The van der Waals surface area contributed by atoms with Gasteiger partial charge in [0, 0.05) is 43.6 Å². The molecule has 0 radical (unpaired) electrons. The van der Waals surface area contributed by atoms with Crippen molar-refractivity contribution in [2.75, 3.05) is 7.05 Å². The first kappa shape index (κ1) is 20.2. The number of aromatic nitrogens is 5. The van der Waals surface area contributed by atoms with Gasteiger partial charge in [0.1, 0.15) is 17.0 Å². The van der Waals surface area contributed by atoms with Gasteiger partial charge in [-0.15, -0.1) is 24.5 Å². The molecule has 0 unspecified atom stereocenters. The van der Waals surface area contributed by atoms with Gasteiger partial charge in [-0.05, 0) is 25.8 Å². The van der Waals surface area contributed by atoms with Crippen LogP contribution in [0.1, 0.15) is 11.4 Å². The second-order valence-corrected chi connectivity index (χ2v) is 6.98. The van der Waals surface area contributed by atoms with Crippen molar-refractivity contribution >= 4 is 34.8 Å². The molecular weight excluding hydrogens is 382 g/mol. The Balaban J connectivity index is 0.00000117. The van der Waals surface area contributed by atoms with Crippen LogP contribution in [0.4, 0.5) is 0 Å². The lowest BCUT2D eigenvalue weighted by molar-refractivity contribution is 0.968. The zero-order valence-electron chi connectivity index (χ0n) is 16.6. The van der Waals surface area contributed by atoms with Gasteiger partial charge in [-0.2, -0.15) is 0 Å². The van der Waals surface area contributed by atoms with Crippen LogP contribution in [0, 0.1) is 6.92 Å². The molecule has 146 valence electrons. The van der Waals surface area contributed by atoms with Gasteiger partial charge < -0.3 is 4.57 Å². The zero-order valence-corrected chi connectivity index (χ0v) is 17.4. The smallest absolute Gasteiger partial charge is 0.173 e. The monoisotopic (exact) mass is 403 g/mol. The van der Waals surface area contributed by atoms with E-state index in [0.717, 1.165) is 43.4 Å². The lowest BCUT2D eigenvalue weighted by atomic mass is 10.1. The highest BCUT2D eigenvalue weighted by Gasteiger charge is 2.18. The van der Waals surface area contributed by atoms with E-state index < -0.39 is 0 Å². The summed E-state index contributed by atoms with van der Waals surface area (Å²) in [5.41, 5.74) is 4.41. The van der Waals surface area contributed by atoms with E-state index in [4.69, 9.17) is 4.98 Å². The van der Waals surface area contributed by atoms with Crippen molar-refractivity contribution in [2.24, 2.45) is 17.0 Å². The Bertz CT molecular complexity index is 1190. The molecule has 0 bridgehead atoms. The van der Waals surface area contributed by atoms with Crippen LogP contribution >= 0.6 is 11.3 Å². The van der Waals surface area contributed by atoms with E-state index in [0.29, 0.717) is 5.84 Å². The predicted molar refractivity (Wildman–Crippen MR) is 121 cm³/mol. The molecule has 0 aliphatic heterocycles. The van der Waals surface area contributed by atoms with E-state index in [-0.39, 0.29) is 0 Å². The quantitative estimate of drug-likeness (QED) is 0.289. The Hall–Kier alpha value is -3.52. The van der Waals surface area contributed by atoms with Gasteiger partial charge in [-0.1, -0.05) is 0 Å². The topological polar surface area (TPSA) is 81.2 Å². The molecule has 4 heterocycles. The Morgan fingerprint density at radius 1 is 1.17 bits per heavy atom. The fourth-order valence-corrected chi connectivity index (χ4v) is 3.97. The molecule has 0 fully saturated rings. The first-order valence-corrected chi connectivity index (χ1v) is 9.57. The van der Waals surface area contributed by atoms with Gasteiger partial charge in [0.05, 0.1) is 21.8 Å². The maximum Gasteiger partial charge on any atom is 0.173 e. The minimum atomic E-state index is 0.520. The summed E-state index contributed by atoms with van der Waals surface area (Å²) < 4.78 is 2.06. The van der Waals surface area contributed by atoms with E-state index in [1.807, 2.05) is 26.2 Å². The molecule has 0 saturated heterocycles. The number of hydrogen-bond acceptors (Lipinski definition) is 6. The summed E-state index contributed by atoms with van der Waals surface area (Å²) in [4.78, 5) is 27.0. The average molecular weight is 404 g/mol. The highest BCUT2D eigenvalue weighted by Crippen LogP contribution is 2.35. The first-order chi connectivity index (χ1) is 14.1. The summed E-state index contributed by atoms with van der Waals surface area (Å²) in [6.07, 6.45) is 7.04. The number of pyridine rings is 1. The molecule has 0 spiro atoms. The molecule has 0 atom stereocenters. The van der Waals surface area contributed by atoms with Crippen molar-refractivity contribution in [3.8, 4) is 21.1 Å². The summed E-state index contributed by atoms with van der Waals surface area (Å²) in [6, 6.07) is 4.09. The number of rotatable bonds is 3. The van der Waals surface area contributed by atoms with E-state index in [1.165, 1.54) is 6.33 Å². The van der Waals surface area contributed by atoms with Gasteiger partial charge in [0.25, 0.3) is 0 Å². The van der Waals surface area contributed by atoms with Crippen molar-refractivity contribution in [3.05, 3.63) is 61.6 Å². The van der Waals surface area contributed by atoms with Crippen LogP contribution in [0.15, 0.2) is 60.2 Å². The fraction of sp³-hybridized carbons (Fsp3) is 0.143. The fourth-order valence-electron chi connectivity index (χ4n) is 2.97. The Morgan fingerprint density at radius 3 is 2.55 bits per heavy atom. The van der Waals surface area contributed by atoms with Gasteiger partial charge >= 0.3 is 0 Å². The zero-order chi connectivity index (χ0) is 21.0. The number of hydrogen-bond donors (Lipinski definition) is 0. The van der Waals surface area contributed by atoms with Crippen LogP contribution < -0.4 is 0 Å². The van der Waals surface area contributed by atoms with E-state index in [2.05, 4.69) is 55.4 Å². The van der Waals surface area contributed by atoms with Crippen molar-refractivity contribution in [2.45, 2.75) is 6.92 Å². The van der Waals surface area contributed by atoms with E-state index >= 15 is 0 Å². The molecule has 0 aromatic carbocycles. The number of fused-ring (bicyclic) bond motifs is 1. The molecule has 4 aromatic heterocycles. The minimum Gasteiger partial charge on any atom is -0.350 e. The molecular formula is C21H21N7S. The van der Waals surface area contributed by atoms with E-state index in [1.54, 1.807) is 30.8 Å². The molecule has 0 N–H and O–H groups in total. The van der Waals surface area contributed by atoms with Crippen molar-refractivity contribution in [3.63, 3.8) is 0 Å². The van der Waals surface area contributed by atoms with Crippen molar-refractivity contribution < 1.29 is 0 Å². The van der Waals surface area contributed by atoms with E-state index in [9.17, 15) is 0 Å². The van der Waals surface area contributed by atoms with Crippen LogP contribution in [-0.2, 0) is 7.05 Å². The summed E-state index contributed by atoms with van der Waals surface area (Å²) in [7, 11) is 3.70. The van der Waals surface area contributed by atoms with Crippen molar-refractivity contribution in [1.82, 2.24) is 24.5 Å². The summed E-state index contributed by atoms with van der Waals surface area (Å²) in [6.45, 7) is 11.6. The number of amidine groups is 1. The summed E-state index contributed by atoms with van der Waals surface area (Å²) in [5, 5.41) is 1.86. The van der Waals surface area contributed by atoms with Gasteiger partial charge in [-0.3, -0.25) is 4.99 Å². The van der Waals surface area contributed by atoms with Crippen LogP contribution in [-0.4, -0.2) is 44.1 Å². The minimum absolute atomic E-state index is 0.520. The van der Waals surface area contributed by atoms with Gasteiger partial charge in [0.15, 0.2) is 5.84 Å². The SMILES string of the molecule is C=C.C=NC(=NC)c1nc(-c2sc(-c3cncnc3)nc2C)cc2c1ccn2C. The lowest BCUT2D eigenvalue weighted by Gasteiger charge is -2.07. The first-order valence-electron chi connectivity index (χ1n) is 8.75. The normalized spacial score (nSPS) is 11.2. The second-order valence-electron chi connectivity index (χ2n) is 5.98. The van der Waals surface area contributed by atoms with Gasteiger partial charge in [-0.25, -0.2) is 24.9 Å². The molecule has 0 saturated carbocycles. The molecule has 0 aliphatic rings. The number of nitrogens with zero attached hydrogens (tertiary/aromatic N) is 7. The standard InChI is InChI=1S/C19H17N7S.C2H4/c1-11-17(27-19(24-11)12-8-22-10-23-9-12)14-7-15-13(5-6-26(15)4)16(25-14)18(20-2)21-3;1-2/h5-10H,2H2,1,3-4H3;1-2H2. The van der Waals surface area contributed by atoms with Gasteiger partial charge in [0.2, 0.25) is 0 Å². The molecule has 0 aliphatic carbocycles. The highest BCUT2D eigenvalue weighted by molar-refractivity contribution is 7.18. The third kappa shape index (κ3) is 3.74. The lowest BCUT2D eigenvalue weighted by Crippen LogP contribution is -2.03. The maximum atomic E-state index is 4.86. The van der Waals surface area contributed by atoms with Crippen LogP contribution in [0.2, 0.25) is 0 Å². The Labute approximate surface area is 173 Å². The molecule has 8 heteroatoms. The molecule has 29 heavy (non-hydrogen) atoms. The molecule has 4 aromatic rings. The molecule has 0 amide bonds. The molecule has 4 rings (SSSR count). The Morgan fingerprint density at radius 2 is 1.90 bits per heavy atom.